The first-order valence-corrected chi connectivity index (χ1v) is 12.7. The number of benzene rings is 3. The molecule has 0 bridgehead atoms. The van der Waals surface area contributed by atoms with E-state index in [1.807, 2.05) is 66.7 Å². The maximum atomic E-state index is 14.0. The van der Waals surface area contributed by atoms with Crippen LogP contribution in [0.15, 0.2) is 66.7 Å². The molecule has 0 unspecified atom stereocenters. The van der Waals surface area contributed by atoms with Crippen molar-refractivity contribution in [2.75, 3.05) is 38.2 Å². The van der Waals surface area contributed by atoms with Crippen molar-refractivity contribution in [3.05, 3.63) is 77.9 Å². The third-order valence-corrected chi connectivity index (χ3v) is 7.22. The summed E-state index contributed by atoms with van der Waals surface area (Å²) in [5.74, 6) is 1.77. The number of aryl methyl sites for hydroxylation is 1. The van der Waals surface area contributed by atoms with E-state index in [-0.39, 0.29) is 18.3 Å². The van der Waals surface area contributed by atoms with Crippen LogP contribution in [0.4, 0.5) is 5.13 Å². The predicted molar refractivity (Wildman–Crippen MR) is 151 cm³/mol. The summed E-state index contributed by atoms with van der Waals surface area (Å²) < 4.78 is 12.7. The number of para-hydroxylation sites is 2. The first kappa shape index (κ1) is 27.5. The number of carbonyl (C=O) groups is 1. The van der Waals surface area contributed by atoms with Crippen LogP contribution in [0.1, 0.15) is 29.8 Å². The molecule has 1 amide bonds. The van der Waals surface area contributed by atoms with E-state index < -0.39 is 0 Å². The van der Waals surface area contributed by atoms with Gasteiger partial charge in [-0.2, -0.15) is 0 Å². The van der Waals surface area contributed by atoms with Crippen molar-refractivity contribution >= 4 is 45.0 Å². The second kappa shape index (κ2) is 12.7. The third-order valence-electron chi connectivity index (χ3n) is 6.01. The van der Waals surface area contributed by atoms with Crippen molar-refractivity contribution in [2.45, 2.75) is 20.8 Å². The monoisotopic (exact) mass is 525 g/mol. The first-order chi connectivity index (χ1) is 17.0. The maximum absolute atomic E-state index is 14.0. The number of amides is 1. The van der Waals surface area contributed by atoms with Crippen LogP contribution in [0.5, 0.6) is 17.2 Å². The molecular weight excluding hydrogens is 494 g/mol. The Hall–Kier alpha value is -3.13. The van der Waals surface area contributed by atoms with Crippen LogP contribution in [-0.4, -0.2) is 49.1 Å². The van der Waals surface area contributed by atoms with Crippen LogP contribution < -0.4 is 14.4 Å². The topological polar surface area (TPSA) is 54.9 Å². The van der Waals surface area contributed by atoms with Gasteiger partial charge in [0, 0.05) is 13.1 Å². The number of anilines is 1. The summed E-state index contributed by atoms with van der Waals surface area (Å²) in [5.41, 5.74) is 2.38. The first-order valence-electron chi connectivity index (χ1n) is 11.9. The lowest BCUT2D eigenvalue weighted by molar-refractivity contribution is 0.0981. The highest BCUT2D eigenvalue weighted by Crippen LogP contribution is 2.37. The highest BCUT2D eigenvalue weighted by atomic mass is 35.5. The van der Waals surface area contributed by atoms with Crippen molar-refractivity contribution < 1.29 is 14.3 Å². The lowest BCUT2D eigenvalue weighted by Gasteiger charge is -2.25. The molecule has 0 saturated heterocycles. The number of rotatable bonds is 10. The molecule has 190 valence electrons. The van der Waals surface area contributed by atoms with E-state index in [1.165, 1.54) is 11.3 Å². The molecule has 4 aromatic rings. The van der Waals surface area contributed by atoms with E-state index in [0.717, 1.165) is 35.4 Å². The number of hydrogen-bond donors (Lipinski definition) is 0. The van der Waals surface area contributed by atoms with Gasteiger partial charge in [-0.25, -0.2) is 4.98 Å². The van der Waals surface area contributed by atoms with E-state index in [1.54, 1.807) is 12.0 Å². The van der Waals surface area contributed by atoms with Crippen LogP contribution in [0.2, 0.25) is 0 Å². The Morgan fingerprint density at radius 3 is 2.31 bits per heavy atom. The van der Waals surface area contributed by atoms with Gasteiger partial charge in [-0.15, -0.1) is 12.4 Å². The number of nitrogens with zero attached hydrogens (tertiary/aromatic N) is 3. The van der Waals surface area contributed by atoms with Gasteiger partial charge in [0.15, 0.2) is 5.13 Å². The molecule has 0 spiro atoms. The molecule has 1 heterocycles. The number of carbonyl (C=O) groups excluding carboxylic acids is 1. The van der Waals surface area contributed by atoms with E-state index in [4.69, 9.17) is 14.5 Å². The minimum Gasteiger partial charge on any atom is -0.494 e. The number of methoxy groups -OCH3 is 1. The van der Waals surface area contributed by atoms with Gasteiger partial charge in [-0.3, -0.25) is 9.69 Å². The van der Waals surface area contributed by atoms with Crippen LogP contribution in [0, 0.1) is 6.92 Å². The summed E-state index contributed by atoms with van der Waals surface area (Å²) in [6.45, 7) is 9.40. The Labute approximate surface area is 222 Å². The van der Waals surface area contributed by atoms with E-state index >= 15 is 0 Å². The fourth-order valence-electron chi connectivity index (χ4n) is 3.94. The Balaban J connectivity index is 0.00000361. The summed E-state index contributed by atoms with van der Waals surface area (Å²) in [5, 5.41) is 0.652. The van der Waals surface area contributed by atoms with Crippen LogP contribution in [0.25, 0.3) is 10.2 Å². The van der Waals surface area contributed by atoms with Gasteiger partial charge in [-0.05, 0) is 55.9 Å². The fraction of sp³-hybridized carbons (Fsp3) is 0.286. The summed E-state index contributed by atoms with van der Waals surface area (Å²) in [7, 11) is 1.64. The standard InChI is InChI=1S/C28H31N3O3S.ClH/c1-5-30(6-2)18-19-31(28-29-25-24(33-4)17-16-20(3)26(25)35-28)27(32)22-14-10-11-15-23(22)34-21-12-8-7-9-13-21;/h7-17H,5-6,18-19H2,1-4H3;1H. The molecule has 0 radical (unpaired) electrons. The van der Waals surface area contributed by atoms with Crippen LogP contribution in [-0.2, 0) is 0 Å². The number of likely N-dealkylation sites (N-methyl/N-ethyl adjacent to an activating group) is 1. The molecular formula is C28H32ClN3O3S. The Bertz CT molecular complexity index is 1290. The van der Waals surface area contributed by atoms with E-state index in [2.05, 4.69) is 25.7 Å². The average molecular weight is 526 g/mol. The minimum atomic E-state index is -0.139. The van der Waals surface area contributed by atoms with Gasteiger partial charge >= 0.3 is 0 Å². The molecule has 6 nitrogen and oxygen atoms in total. The number of fused-ring (bicyclic) bond motifs is 1. The number of halogens is 1. The predicted octanol–water partition coefficient (Wildman–Crippen LogP) is 6.82. The van der Waals surface area contributed by atoms with Gasteiger partial charge in [0.1, 0.15) is 22.8 Å². The zero-order chi connectivity index (χ0) is 24.8. The number of aromatic nitrogens is 1. The summed E-state index contributed by atoms with van der Waals surface area (Å²) in [4.78, 5) is 23.0. The van der Waals surface area contributed by atoms with Gasteiger partial charge in [0.25, 0.3) is 5.91 Å². The molecule has 4 rings (SSSR count). The van der Waals surface area contributed by atoms with Gasteiger partial charge in [0.05, 0.1) is 17.4 Å². The molecule has 0 saturated carbocycles. The number of hydrogen-bond acceptors (Lipinski definition) is 6. The van der Waals surface area contributed by atoms with Crippen LogP contribution >= 0.6 is 23.7 Å². The molecule has 0 fully saturated rings. The molecule has 0 atom stereocenters. The lowest BCUT2D eigenvalue weighted by atomic mass is 10.1. The SMILES string of the molecule is CCN(CC)CCN(C(=O)c1ccccc1Oc1ccccc1)c1nc2c(OC)ccc(C)c2s1.Cl. The van der Waals surface area contributed by atoms with Crippen molar-refractivity contribution in [1.29, 1.82) is 0 Å². The second-order valence-electron chi connectivity index (χ2n) is 8.15. The molecule has 8 heteroatoms. The molecule has 0 aliphatic heterocycles. The largest absolute Gasteiger partial charge is 0.494 e. The molecule has 36 heavy (non-hydrogen) atoms. The highest BCUT2D eigenvalue weighted by molar-refractivity contribution is 7.22. The summed E-state index contributed by atoms with van der Waals surface area (Å²) >= 11 is 1.52. The minimum absolute atomic E-state index is 0. The quantitative estimate of drug-likeness (QED) is 0.227. The van der Waals surface area contributed by atoms with Crippen LogP contribution in [0.3, 0.4) is 0 Å². The number of thiazole rings is 1. The van der Waals surface area contributed by atoms with Crippen molar-refractivity contribution in [3.8, 4) is 17.2 Å². The zero-order valence-electron chi connectivity index (χ0n) is 21.1. The molecule has 3 aromatic carbocycles. The van der Waals surface area contributed by atoms with Gasteiger partial charge in [-0.1, -0.05) is 61.6 Å². The fourth-order valence-corrected chi connectivity index (χ4v) is 5.01. The normalized spacial score (nSPS) is 10.8. The maximum Gasteiger partial charge on any atom is 0.263 e. The van der Waals surface area contributed by atoms with Crippen molar-refractivity contribution in [2.24, 2.45) is 0 Å². The molecule has 0 aliphatic rings. The Kier molecular flexibility index (Phi) is 9.70. The summed E-state index contributed by atoms with van der Waals surface area (Å²) in [6.07, 6.45) is 0. The Morgan fingerprint density at radius 1 is 0.917 bits per heavy atom. The molecule has 1 aromatic heterocycles. The molecule has 0 N–H and O–H groups in total. The second-order valence-corrected chi connectivity index (χ2v) is 9.13. The summed E-state index contributed by atoms with van der Waals surface area (Å²) in [6, 6.07) is 20.8. The van der Waals surface area contributed by atoms with E-state index in [0.29, 0.717) is 34.5 Å². The average Bonchev–Trinajstić information content (AvgIpc) is 3.34. The third kappa shape index (κ3) is 5.98. The van der Waals surface area contributed by atoms with Crippen molar-refractivity contribution in [1.82, 2.24) is 9.88 Å². The lowest BCUT2D eigenvalue weighted by Crippen LogP contribution is -2.39. The smallest absolute Gasteiger partial charge is 0.263 e. The molecule has 0 aliphatic carbocycles. The number of ether oxygens (including phenoxy) is 2. The Morgan fingerprint density at radius 2 is 1.61 bits per heavy atom. The highest BCUT2D eigenvalue weighted by Gasteiger charge is 2.25. The van der Waals surface area contributed by atoms with E-state index in [9.17, 15) is 4.79 Å². The zero-order valence-corrected chi connectivity index (χ0v) is 22.7. The van der Waals surface area contributed by atoms with Gasteiger partial charge < -0.3 is 14.4 Å². The van der Waals surface area contributed by atoms with Gasteiger partial charge in [0.2, 0.25) is 0 Å². The van der Waals surface area contributed by atoms with Crippen molar-refractivity contribution in [3.63, 3.8) is 0 Å².